The lowest BCUT2D eigenvalue weighted by molar-refractivity contribution is -0.121. The van der Waals surface area contributed by atoms with Crippen molar-refractivity contribution in [2.75, 3.05) is 6.54 Å². The summed E-state index contributed by atoms with van der Waals surface area (Å²) in [5, 5.41) is 0. The fraction of sp³-hybridized carbons (Fsp3) is 0.417. The molecule has 1 atom stereocenters. The van der Waals surface area contributed by atoms with Crippen molar-refractivity contribution in [3.05, 3.63) is 35.4 Å². The minimum atomic E-state index is -0.0328. The van der Waals surface area contributed by atoms with Crippen LogP contribution in [0.3, 0.4) is 0 Å². The normalized spacial score (nSPS) is 12.5. The van der Waals surface area contributed by atoms with Crippen molar-refractivity contribution in [3.63, 3.8) is 0 Å². The first kappa shape index (κ1) is 10.9. The van der Waals surface area contributed by atoms with E-state index in [1.54, 1.807) is 0 Å². The van der Waals surface area contributed by atoms with Crippen molar-refractivity contribution >= 4 is 5.78 Å². The average Bonchev–Trinajstić information content (AvgIpc) is 2.20. The standard InChI is InChI=1S/C12H17NO/c1-9-5-3-4-6-11(9)7-12(14)10(2)8-13/h3-6,10H,7-8,13H2,1-2H3. The Labute approximate surface area is 85.1 Å². The van der Waals surface area contributed by atoms with Crippen LogP contribution in [0.15, 0.2) is 24.3 Å². The topological polar surface area (TPSA) is 43.1 Å². The lowest BCUT2D eigenvalue weighted by Crippen LogP contribution is -2.22. The van der Waals surface area contributed by atoms with Gasteiger partial charge in [0.25, 0.3) is 0 Å². The summed E-state index contributed by atoms with van der Waals surface area (Å²) < 4.78 is 0. The number of carbonyl (C=O) groups excluding carboxylic acids is 1. The summed E-state index contributed by atoms with van der Waals surface area (Å²) in [5.74, 6) is 0.191. The van der Waals surface area contributed by atoms with E-state index in [-0.39, 0.29) is 11.7 Å². The molecule has 0 fully saturated rings. The summed E-state index contributed by atoms with van der Waals surface area (Å²) in [6.45, 7) is 4.33. The first-order chi connectivity index (χ1) is 6.65. The maximum atomic E-state index is 11.6. The molecule has 1 aromatic rings. The van der Waals surface area contributed by atoms with E-state index in [0.717, 1.165) is 5.56 Å². The Morgan fingerprint density at radius 3 is 2.64 bits per heavy atom. The van der Waals surface area contributed by atoms with Gasteiger partial charge in [-0.05, 0) is 18.1 Å². The number of aryl methyl sites for hydroxylation is 1. The quantitative estimate of drug-likeness (QED) is 0.787. The third-order valence-corrected chi connectivity index (χ3v) is 2.53. The molecule has 0 bridgehead atoms. The monoisotopic (exact) mass is 191 g/mol. The molecule has 2 N–H and O–H groups in total. The molecule has 14 heavy (non-hydrogen) atoms. The molecular formula is C12H17NO. The van der Waals surface area contributed by atoms with Crippen molar-refractivity contribution in [1.82, 2.24) is 0 Å². The lowest BCUT2D eigenvalue weighted by Gasteiger charge is -2.08. The number of ketones is 1. The fourth-order valence-electron chi connectivity index (χ4n) is 1.30. The molecule has 0 saturated carbocycles. The molecule has 0 aromatic heterocycles. The van der Waals surface area contributed by atoms with Crippen molar-refractivity contribution < 1.29 is 4.79 Å². The predicted molar refractivity (Wildman–Crippen MR) is 58.1 cm³/mol. The molecule has 0 heterocycles. The zero-order chi connectivity index (χ0) is 10.6. The third kappa shape index (κ3) is 2.67. The highest BCUT2D eigenvalue weighted by molar-refractivity contribution is 5.83. The van der Waals surface area contributed by atoms with Gasteiger partial charge in [0.15, 0.2) is 0 Å². The van der Waals surface area contributed by atoms with Crippen LogP contribution < -0.4 is 5.73 Å². The first-order valence-corrected chi connectivity index (χ1v) is 4.92. The molecule has 2 heteroatoms. The van der Waals surface area contributed by atoms with E-state index in [1.807, 2.05) is 38.1 Å². The Morgan fingerprint density at radius 2 is 2.07 bits per heavy atom. The number of hydrogen-bond donors (Lipinski definition) is 1. The SMILES string of the molecule is Cc1ccccc1CC(=O)C(C)CN. The molecule has 0 aliphatic heterocycles. The highest BCUT2D eigenvalue weighted by atomic mass is 16.1. The number of nitrogens with two attached hydrogens (primary N) is 1. The van der Waals surface area contributed by atoms with E-state index in [4.69, 9.17) is 5.73 Å². The number of Topliss-reactive ketones (excluding diaryl/α,β-unsaturated/α-hetero) is 1. The van der Waals surface area contributed by atoms with Gasteiger partial charge in [-0.2, -0.15) is 0 Å². The molecule has 0 radical (unpaired) electrons. The third-order valence-electron chi connectivity index (χ3n) is 2.53. The Bertz CT molecular complexity index is 320. The average molecular weight is 191 g/mol. The summed E-state index contributed by atoms with van der Waals surface area (Å²) in [4.78, 5) is 11.6. The van der Waals surface area contributed by atoms with Gasteiger partial charge in [-0.1, -0.05) is 31.2 Å². The zero-order valence-corrected chi connectivity index (χ0v) is 8.79. The molecule has 0 saturated heterocycles. The minimum absolute atomic E-state index is 0.0328. The minimum Gasteiger partial charge on any atom is -0.330 e. The number of benzene rings is 1. The highest BCUT2D eigenvalue weighted by Crippen LogP contribution is 2.10. The molecule has 0 amide bonds. The summed E-state index contributed by atoms with van der Waals surface area (Å²) >= 11 is 0. The van der Waals surface area contributed by atoms with Crippen LogP contribution in [0.2, 0.25) is 0 Å². The fourth-order valence-corrected chi connectivity index (χ4v) is 1.30. The number of rotatable bonds is 4. The second kappa shape index (κ2) is 4.91. The van der Waals surface area contributed by atoms with Crippen LogP contribution in [0.5, 0.6) is 0 Å². The second-order valence-electron chi connectivity index (χ2n) is 3.71. The number of hydrogen-bond acceptors (Lipinski definition) is 2. The van der Waals surface area contributed by atoms with Gasteiger partial charge >= 0.3 is 0 Å². The molecule has 0 aliphatic rings. The molecule has 1 rings (SSSR count). The van der Waals surface area contributed by atoms with E-state index in [2.05, 4.69) is 0 Å². The summed E-state index contributed by atoms with van der Waals surface area (Å²) in [6.07, 6.45) is 0.505. The molecule has 0 aliphatic carbocycles. The first-order valence-electron chi connectivity index (χ1n) is 4.92. The van der Waals surface area contributed by atoms with E-state index < -0.39 is 0 Å². The van der Waals surface area contributed by atoms with Crippen LogP contribution in [0.4, 0.5) is 0 Å². The summed E-state index contributed by atoms with van der Waals surface area (Å²) in [7, 11) is 0. The van der Waals surface area contributed by atoms with Crippen molar-refractivity contribution in [1.29, 1.82) is 0 Å². The van der Waals surface area contributed by atoms with Crippen LogP contribution in [0.25, 0.3) is 0 Å². The molecule has 0 spiro atoms. The van der Waals surface area contributed by atoms with Crippen LogP contribution in [0, 0.1) is 12.8 Å². The molecule has 2 nitrogen and oxygen atoms in total. The smallest absolute Gasteiger partial charge is 0.141 e. The zero-order valence-electron chi connectivity index (χ0n) is 8.79. The summed E-state index contributed by atoms with van der Waals surface area (Å²) in [5.41, 5.74) is 7.72. The maximum absolute atomic E-state index is 11.6. The van der Waals surface area contributed by atoms with Crippen LogP contribution in [0.1, 0.15) is 18.1 Å². The van der Waals surface area contributed by atoms with E-state index in [9.17, 15) is 4.79 Å². The second-order valence-corrected chi connectivity index (χ2v) is 3.71. The van der Waals surface area contributed by atoms with Gasteiger partial charge in [0, 0.05) is 18.9 Å². The Kier molecular flexibility index (Phi) is 3.84. The molecule has 76 valence electrons. The van der Waals surface area contributed by atoms with Crippen LogP contribution in [-0.4, -0.2) is 12.3 Å². The van der Waals surface area contributed by atoms with Crippen molar-refractivity contribution in [2.45, 2.75) is 20.3 Å². The Balaban J connectivity index is 2.70. The maximum Gasteiger partial charge on any atom is 0.141 e. The molecule has 1 aromatic carbocycles. The lowest BCUT2D eigenvalue weighted by atomic mass is 9.97. The Morgan fingerprint density at radius 1 is 1.43 bits per heavy atom. The van der Waals surface area contributed by atoms with Gasteiger partial charge < -0.3 is 5.73 Å². The van der Waals surface area contributed by atoms with Gasteiger partial charge in [-0.15, -0.1) is 0 Å². The predicted octanol–water partition coefficient (Wildman–Crippen LogP) is 1.70. The van der Waals surface area contributed by atoms with Gasteiger partial charge in [0.2, 0.25) is 0 Å². The van der Waals surface area contributed by atoms with Gasteiger partial charge in [-0.3, -0.25) is 4.79 Å². The Hall–Kier alpha value is -1.15. The molecular weight excluding hydrogens is 174 g/mol. The highest BCUT2D eigenvalue weighted by Gasteiger charge is 2.12. The van der Waals surface area contributed by atoms with E-state index in [0.29, 0.717) is 13.0 Å². The van der Waals surface area contributed by atoms with Crippen LogP contribution >= 0.6 is 0 Å². The summed E-state index contributed by atoms with van der Waals surface area (Å²) in [6, 6.07) is 7.96. The largest absolute Gasteiger partial charge is 0.330 e. The van der Waals surface area contributed by atoms with Crippen molar-refractivity contribution in [3.8, 4) is 0 Å². The molecule has 1 unspecified atom stereocenters. The van der Waals surface area contributed by atoms with Gasteiger partial charge in [-0.25, -0.2) is 0 Å². The number of carbonyl (C=O) groups is 1. The van der Waals surface area contributed by atoms with E-state index in [1.165, 1.54) is 5.56 Å². The van der Waals surface area contributed by atoms with Crippen molar-refractivity contribution in [2.24, 2.45) is 11.7 Å². The van der Waals surface area contributed by atoms with Crippen LogP contribution in [-0.2, 0) is 11.2 Å². The van der Waals surface area contributed by atoms with Gasteiger partial charge in [0.05, 0.1) is 0 Å². The van der Waals surface area contributed by atoms with Gasteiger partial charge in [0.1, 0.15) is 5.78 Å². The van der Waals surface area contributed by atoms with E-state index >= 15 is 0 Å².